The van der Waals surface area contributed by atoms with E-state index in [-0.39, 0.29) is 17.5 Å². The van der Waals surface area contributed by atoms with Gasteiger partial charge in [-0.3, -0.25) is 14.5 Å². The summed E-state index contributed by atoms with van der Waals surface area (Å²) < 4.78 is 1.35. The van der Waals surface area contributed by atoms with Crippen LogP contribution < -0.4 is 10.9 Å². The van der Waals surface area contributed by atoms with Gasteiger partial charge in [0.05, 0.1) is 11.7 Å². The predicted molar refractivity (Wildman–Crippen MR) is 83.8 cm³/mol. The number of carbonyl (C=O) groups excluding carboxylic acids is 1. The number of anilines is 1. The van der Waals surface area contributed by atoms with Crippen molar-refractivity contribution in [1.29, 1.82) is 0 Å². The number of nitrogens with one attached hydrogen (secondary N) is 1. The van der Waals surface area contributed by atoms with Gasteiger partial charge in [0.2, 0.25) is 5.91 Å². The van der Waals surface area contributed by atoms with Crippen LogP contribution in [-0.2, 0) is 24.8 Å². The molecule has 0 bridgehead atoms. The van der Waals surface area contributed by atoms with Gasteiger partial charge in [-0.05, 0) is 12.5 Å². The number of thiazole rings is 1. The van der Waals surface area contributed by atoms with Crippen LogP contribution in [0.1, 0.15) is 18.2 Å². The van der Waals surface area contributed by atoms with Crippen molar-refractivity contribution in [3.8, 4) is 0 Å². The minimum absolute atomic E-state index is 0.0878. The van der Waals surface area contributed by atoms with Gasteiger partial charge < -0.3 is 5.32 Å². The number of hydrogen-bond donors (Lipinski definition) is 1. The summed E-state index contributed by atoms with van der Waals surface area (Å²) in [6, 6.07) is 1.32. The number of nitrogens with zero attached hydrogens (tertiary/aromatic N) is 4. The summed E-state index contributed by atoms with van der Waals surface area (Å²) in [7, 11) is 1.65. The number of carbonyl (C=O) groups is 1. The molecule has 0 fully saturated rings. The second kappa shape index (κ2) is 5.98. The summed E-state index contributed by atoms with van der Waals surface area (Å²) in [6.45, 7) is 3.16. The Labute approximate surface area is 131 Å². The van der Waals surface area contributed by atoms with E-state index in [1.165, 1.54) is 16.0 Å². The zero-order valence-corrected chi connectivity index (χ0v) is 13.3. The lowest BCUT2D eigenvalue weighted by Gasteiger charge is -2.32. The van der Waals surface area contributed by atoms with Crippen molar-refractivity contribution in [2.45, 2.75) is 25.9 Å². The third kappa shape index (κ3) is 2.93. The predicted octanol–water partition coefficient (Wildman–Crippen LogP) is 0.622. The molecule has 0 aliphatic carbocycles. The van der Waals surface area contributed by atoms with E-state index in [9.17, 15) is 9.59 Å². The molecular formula is C14H17N5O2S. The molecule has 22 heavy (non-hydrogen) atoms. The van der Waals surface area contributed by atoms with Crippen LogP contribution in [0.15, 0.2) is 22.4 Å². The van der Waals surface area contributed by atoms with E-state index < -0.39 is 0 Å². The molecule has 116 valence electrons. The Bertz CT molecular complexity index is 740. The summed E-state index contributed by atoms with van der Waals surface area (Å²) in [5, 5.41) is 9.51. The highest BCUT2D eigenvalue weighted by Crippen LogP contribution is 2.18. The molecule has 1 atom stereocenters. The van der Waals surface area contributed by atoms with Crippen molar-refractivity contribution in [1.82, 2.24) is 19.7 Å². The summed E-state index contributed by atoms with van der Waals surface area (Å²) in [6.07, 6.45) is 2.39. The molecule has 0 aromatic carbocycles. The first kappa shape index (κ1) is 14.9. The molecule has 1 N–H and O–H groups in total. The second-order valence-corrected chi connectivity index (χ2v) is 6.20. The fraction of sp³-hybridized carbons (Fsp3) is 0.429. The highest BCUT2D eigenvalue weighted by molar-refractivity contribution is 7.13. The third-order valence-corrected chi connectivity index (χ3v) is 4.55. The lowest BCUT2D eigenvalue weighted by atomic mass is 10.0. The van der Waals surface area contributed by atoms with Gasteiger partial charge >= 0.3 is 0 Å². The summed E-state index contributed by atoms with van der Waals surface area (Å²) in [5.41, 5.74) is 1.72. The first-order chi connectivity index (χ1) is 10.5. The summed E-state index contributed by atoms with van der Waals surface area (Å²) >= 11 is 1.39. The highest BCUT2D eigenvalue weighted by Gasteiger charge is 2.26. The second-order valence-electron chi connectivity index (χ2n) is 5.30. The number of amides is 1. The van der Waals surface area contributed by atoms with E-state index in [1.807, 2.05) is 17.2 Å². The van der Waals surface area contributed by atoms with Crippen LogP contribution in [0, 0.1) is 0 Å². The molecule has 1 amide bonds. The number of rotatable bonds is 3. The summed E-state index contributed by atoms with van der Waals surface area (Å²) in [5.74, 6) is -0.0878. The molecule has 1 aliphatic rings. The zero-order valence-electron chi connectivity index (χ0n) is 12.4. The molecule has 8 heteroatoms. The number of fused-ring (bicyclic) bond motifs is 1. The molecule has 0 spiro atoms. The van der Waals surface area contributed by atoms with Crippen LogP contribution in [-0.4, -0.2) is 38.2 Å². The van der Waals surface area contributed by atoms with Crippen molar-refractivity contribution in [2.75, 3.05) is 11.9 Å². The quantitative estimate of drug-likeness (QED) is 0.897. The van der Waals surface area contributed by atoms with Crippen molar-refractivity contribution in [3.05, 3.63) is 39.3 Å². The van der Waals surface area contributed by atoms with Crippen molar-refractivity contribution in [3.63, 3.8) is 0 Å². The Morgan fingerprint density at radius 3 is 3.05 bits per heavy atom. The van der Waals surface area contributed by atoms with Crippen molar-refractivity contribution < 1.29 is 4.79 Å². The van der Waals surface area contributed by atoms with Gasteiger partial charge in [-0.25, -0.2) is 9.67 Å². The average Bonchev–Trinajstić information content (AvgIpc) is 3.00. The maximum absolute atomic E-state index is 12.3. The molecule has 3 rings (SSSR count). The molecule has 0 radical (unpaired) electrons. The van der Waals surface area contributed by atoms with E-state index in [2.05, 4.69) is 15.4 Å². The normalized spacial score (nSPS) is 16.1. The molecule has 0 saturated heterocycles. The van der Waals surface area contributed by atoms with Crippen LogP contribution in [0.2, 0.25) is 0 Å². The third-order valence-electron chi connectivity index (χ3n) is 3.86. The van der Waals surface area contributed by atoms with Gasteiger partial charge in [0, 0.05) is 44.2 Å². The largest absolute Gasteiger partial charge is 0.301 e. The molecule has 2 aromatic rings. The minimum Gasteiger partial charge on any atom is -0.301 e. The van der Waals surface area contributed by atoms with Crippen LogP contribution in [0.3, 0.4) is 0 Å². The molecule has 7 nitrogen and oxygen atoms in total. The number of hydrogen-bond acceptors (Lipinski definition) is 6. The lowest BCUT2D eigenvalue weighted by Crippen LogP contribution is -2.45. The molecule has 1 aliphatic heterocycles. The Morgan fingerprint density at radius 2 is 2.32 bits per heavy atom. The van der Waals surface area contributed by atoms with Crippen molar-refractivity contribution >= 4 is 22.4 Å². The maximum Gasteiger partial charge on any atom is 0.266 e. The van der Waals surface area contributed by atoms with Gasteiger partial charge in [-0.15, -0.1) is 11.3 Å². The van der Waals surface area contributed by atoms with Crippen LogP contribution in [0.5, 0.6) is 0 Å². The van der Waals surface area contributed by atoms with Gasteiger partial charge in [0.15, 0.2) is 5.13 Å². The molecule has 3 heterocycles. The Morgan fingerprint density at radius 1 is 1.50 bits per heavy atom. The Balaban J connectivity index is 1.72. The average molecular weight is 319 g/mol. The first-order valence-electron chi connectivity index (χ1n) is 7.05. The minimum atomic E-state index is -0.291. The fourth-order valence-corrected chi connectivity index (χ4v) is 3.04. The Hall–Kier alpha value is -2.06. The monoisotopic (exact) mass is 319 g/mol. The maximum atomic E-state index is 12.3. The van der Waals surface area contributed by atoms with E-state index in [1.54, 1.807) is 19.3 Å². The molecular weight excluding hydrogens is 302 g/mol. The summed E-state index contributed by atoms with van der Waals surface area (Å²) in [4.78, 5) is 30.1. The Kier molecular flexibility index (Phi) is 4.04. The lowest BCUT2D eigenvalue weighted by molar-refractivity contribution is -0.121. The highest BCUT2D eigenvalue weighted by atomic mass is 32.1. The molecule has 2 aromatic heterocycles. The van der Waals surface area contributed by atoms with E-state index in [0.29, 0.717) is 11.7 Å². The van der Waals surface area contributed by atoms with Crippen LogP contribution in [0.25, 0.3) is 0 Å². The van der Waals surface area contributed by atoms with Gasteiger partial charge in [0.25, 0.3) is 5.56 Å². The van der Waals surface area contributed by atoms with Gasteiger partial charge in [-0.1, -0.05) is 0 Å². The van der Waals surface area contributed by atoms with E-state index >= 15 is 0 Å². The molecule has 0 saturated carbocycles. The number of aromatic nitrogens is 3. The smallest absolute Gasteiger partial charge is 0.266 e. The van der Waals surface area contributed by atoms with Crippen molar-refractivity contribution in [2.24, 2.45) is 7.05 Å². The SMILES string of the molecule is C[C@H](C(=O)Nc1nccs1)N1CCc2nn(C)c(=O)cc2C1. The van der Waals surface area contributed by atoms with Gasteiger partial charge in [-0.2, -0.15) is 5.10 Å². The first-order valence-corrected chi connectivity index (χ1v) is 7.93. The van der Waals surface area contributed by atoms with Crippen LogP contribution in [0.4, 0.5) is 5.13 Å². The standard InChI is InChI=1S/C14H17N5O2S/c1-9(13(21)16-14-15-4-6-22-14)19-5-3-11-10(8-19)7-12(20)18(2)17-11/h4,6-7,9H,3,5,8H2,1-2H3,(H,15,16,21)/t9-/m1/s1. The number of aryl methyl sites for hydroxylation is 1. The van der Waals surface area contributed by atoms with E-state index in [4.69, 9.17) is 0 Å². The molecule has 0 unspecified atom stereocenters. The fourth-order valence-electron chi connectivity index (χ4n) is 2.51. The van der Waals surface area contributed by atoms with Gasteiger partial charge in [0.1, 0.15) is 0 Å². The van der Waals surface area contributed by atoms with E-state index in [0.717, 1.165) is 24.2 Å². The topological polar surface area (TPSA) is 80.1 Å². The zero-order chi connectivity index (χ0) is 15.7. The van der Waals surface area contributed by atoms with Crippen LogP contribution >= 0.6 is 11.3 Å².